The Balaban J connectivity index is 1.71. The van der Waals surface area contributed by atoms with Crippen LogP contribution < -0.4 is 5.32 Å². The van der Waals surface area contributed by atoms with Gasteiger partial charge in [0.1, 0.15) is 5.82 Å². The van der Waals surface area contributed by atoms with Gasteiger partial charge in [0.15, 0.2) is 6.04 Å². The molecule has 2 aromatic rings. The molecule has 1 atom stereocenters. The molecule has 27 heavy (non-hydrogen) atoms. The van der Waals surface area contributed by atoms with Crippen LogP contribution in [0.25, 0.3) is 0 Å². The fraction of sp³-hybridized carbons (Fsp3) is 0.500. The zero-order chi connectivity index (χ0) is 19.2. The summed E-state index contributed by atoms with van der Waals surface area (Å²) in [5, 5.41) is 14.5. The molecular formula is C18H25N7O2. The fourth-order valence-electron chi connectivity index (χ4n) is 3.26. The summed E-state index contributed by atoms with van der Waals surface area (Å²) in [5.41, 5.74) is 0.850. The van der Waals surface area contributed by atoms with Crippen molar-refractivity contribution in [3.05, 3.63) is 41.7 Å². The Kier molecular flexibility index (Phi) is 6.12. The molecule has 9 nitrogen and oxygen atoms in total. The van der Waals surface area contributed by atoms with Crippen molar-refractivity contribution < 1.29 is 9.59 Å². The quantitative estimate of drug-likeness (QED) is 0.759. The molecule has 1 saturated heterocycles. The van der Waals surface area contributed by atoms with E-state index in [-0.39, 0.29) is 11.8 Å². The molecule has 1 aliphatic rings. The minimum Gasteiger partial charge on any atom is -0.355 e. The molecule has 0 unspecified atom stereocenters. The molecule has 0 radical (unpaired) electrons. The number of hydrogen-bond donors (Lipinski definition) is 1. The normalized spacial score (nSPS) is 16.1. The van der Waals surface area contributed by atoms with E-state index in [2.05, 4.69) is 25.7 Å². The number of nitrogens with zero attached hydrogens (tertiary/aromatic N) is 6. The van der Waals surface area contributed by atoms with Crippen LogP contribution in [0, 0.1) is 6.92 Å². The van der Waals surface area contributed by atoms with Gasteiger partial charge in [0, 0.05) is 32.7 Å². The van der Waals surface area contributed by atoms with Crippen LogP contribution in [0.3, 0.4) is 0 Å². The number of tetrazole rings is 1. The van der Waals surface area contributed by atoms with Crippen molar-refractivity contribution in [2.75, 3.05) is 39.3 Å². The first-order valence-corrected chi connectivity index (χ1v) is 9.17. The van der Waals surface area contributed by atoms with E-state index in [1.807, 2.05) is 42.2 Å². The summed E-state index contributed by atoms with van der Waals surface area (Å²) in [6.45, 7) is 7.15. The van der Waals surface area contributed by atoms with Crippen LogP contribution >= 0.6 is 0 Å². The van der Waals surface area contributed by atoms with E-state index in [9.17, 15) is 9.59 Å². The summed E-state index contributed by atoms with van der Waals surface area (Å²) < 4.78 is 1.57. The summed E-state index contributed by atoms with van der Waals surface area (Å²) in [6.07, 6.45) is 0. The fourth-order valence-corrected chi connectivity index (χ4v) is 3.26. The van der Waals surface area contributed by atoms with Crippen LogP contribution in [0.15, 0.2) is 30.3 Å². The van der Waals surface area contributed by atoms with Gasteiger partial charge in [-0.25, -0.2) is 4.68 Å². The number of aromatic nitrogens is 4. The van der Waals surface area contributed by atoms with Crippen molar-refractivity contribution in [3.63, 3.8) is 0 Å². The maximum atomic E-state index is 13.3. The number of amides is 2. The van der Waals surface area contributed by atoms with Crippen molar-refractivity contribution >= 4 is 11.8 Å². The van der Waals surface area contributed by atoms with Crippen molar-refractivity contribution in [1.82, 2.24) is 35.3 Å². The molecule has 1 N–H and O–H groups in total. The topological polar surface area (TPSA) is 96.2 Å². The Morgan fingerprint density at radius 1 is 1.15 bits per heavy atom. The van der Waals surface area contributed by atoms with Crippen LogP contribution in [0.5, 0.6) is 0 Å². The molecule has 2 heterocycles. The highest BCUT2D eigenvalue weighted by atomic mass is 16.2. The summed E-state index contributed by atoms with van der Waals surface area (Å²) in [4.78, 5) is 28.9. The second kappa shape index (κ2) is 8.72. The molecule has 1 fully saturated rings. The van der Waals surface area contributed by atoms with E-state index < -0.39 is 6.04 Å². The number of carbonyl (C=O) groups excluding carboxylic acids is 2. The van der Waals surface area contributed by atoms with E-state index >= 15 is 0 Å². The third-order valence-electron chi connectivity index (χ3n) is 4.68. The first-order chi connectivity index (χ1) is 13.1. The maximum absolute atomic E-state index is 13.3. The molecule has 1 aromatic carbocycles. The van der Waals surface area contributed by atoms with E-state index in [1.165, 1.54) is 0 Å². The molecule has 0 aliphatic carbocycles. The van der Waals surface area contributed by atoms with Gasteiger partial charge in [-0.3, -0.25) is 14.5 Å². The van der Waals surface area contributed by atoms with Crippen LogP contribution in [0.1, 0.15) is 24.4 Å². The molecule has 0 saturated carbocycles. The highest BCUT2D eigenvalue weighted by molar-refractivity contribution is 5.84. The van der Waals surface area contributed by atoms with E-state index in [0.29, 0.717) is 45.1 Å². The van der Waals surface area contributed by atoms with Crippen LogP contribution in [0.4, 0.5) is 0 Å². The van der Waals surface area contributed by atoms with Gasteiger partial charge in [-0.15, -0.1) is 5.10 Å². The van der Waals surface area contributed by atoms with Crippen LogP contribution in [-0.4, -0.2) is 81.1 Å². The van der Waals surface area contributed by atoms with Gasteiger partial charge in [0.05, 0.1) is 6.54 Å². The monoisotopic (exact) mass is 371 g/mol. The van der Waals surface area contributed by atoms with Gasteiger partial charge in [-0.2, -0.15) is 0 Å². The van der Waals surface area contributed by atoms with Gasteiger partial charge < -0.3 is 10.2 Å². The number of aryl methyl sites for hydroxylation is 1. The molecule has 2 amide bonds. The Hall–Kier alpha value is -2.81. The average molecular weight is 371 g/mol. The van der Waals surface area contributed by atoms with Crippen LogP contribution in [0.2, 0.25) is 0 Å². The Bertz CT molecular complexity index is 769. The zero-order valence-corrected chi connectivity index (χ0v) is 15.7. The Morgan fingerprint density at radius 2 is 1.85 bits per heavy atom. The van der Waals surface area contributed by atoms with E-state index in [1.54, 1.807) is 11.6 Å². The first-order valence-electron chi connectivity index (χ1n) is 9.17. The lowest BCUT2D eigenvalue weighted by molar-refractivity contribution is -0.136. The molecular weight excluding hydrogens is 346 g/mol. The number of hydrogen-bond acceptors (Lipinski definition) is 6. The number of rotatable bonds is 6. The zero-order valence-electron chi connectivity index (χ0n) is 15.7. The summed E-state index contributed by atoms with van der Waals surface area (Å²) >= 11 is 0. The van der Waals surface area contributed by atoms with Gasteiger partial charge >= 0.3 is 0 Å². The average Bonchev–Trinajstić information content (AvgIpc) is 3.09. The number of piperazine rings is 1. The predicted molar refractivity (Wildman–Crippen MR) is 98.8 cm³/mol. The lowest BCUT2D eigenvalue weighted by Gasteiger charge is -2.36. The first kappa shape index (κ1) is 19.0. The number of benzene rings is 1. The van der Waals surface area contributed by atoms with Crippen molar-refractivity contribution in [2.45, 2.75) is 19.9 Å². The number of nitrogens with one attached hydrogen (secondary N) is 1. The molecule has 0 spiro atoms. The largest absolute Gasteiger partial charge is 0.355 e. The lowest BCUT2D eigenvalue weighted by atomic mass is 10.1. The SMILES string of the molecule is CCNC(=O)CN1CCN(C(=O)[C@@H](c2ccccc2)n2nnnc2C)CC1. The molecule has 1 aromatic heterocycles. The summed E-state index contributed by atoms with van der Waals surface area (Å²) in [7, 11) is 0. The minimum atomic E-state index is -0.587. The van der Waals surface area contributed by atoms with E-state index in [0.717, 1.165) is 5.56 Å². The predicted octanol–water partition coefficient (Wildman–Crippen LogP) is -0.149. The van der Waals surface area contributed by atoms with Gasteiger partial charge in [0.25, 0.3) is 5.91 Å². The molecule has 144 valence electrons. The molecule has 1 aliphatic heterocycles. The lowest BCUT2D eigenvalue weighted by Crippen LogP contribution is -2.52. The smallest absolute Gasteiger partial charge is 0.252 e. The van der Waals surface area contributed by atoms with Crippen molar-refractivity contribution in [2.24, 2.45) is 0 Å². The van der Waals surface area contributed by atoms with Crippen molar-refractivity contribution in [1.29, 1.82) is 0 Å². The maximum Gasteiger partial charge on any atom is 0.252 e. The second-order valence-corrected chi connectivity index (χ2v) is 6.54. The molecule has 0 bridgehead atoms. The highest BCUT2D eigenvalue weighted by Gasteiger charge is 2.32. The Morgan fingerprint density at radius 3 is 2.44 bits per heavy atom. The molecule has 3 rings (SSSR count). The van der Waals surface area contributed by atoms with Crippen molar-refractivity contribution in [3.8, 4) is 0 Å². The van der Waals surface area contributed by atoms with Gasteiger partial charge in [-0.05, 0) is 29.8 Å². The van der Waals surface area contributed by atoms with Gasteiger partial charge in [-0.1, -0.05) is 30.3 Å². The standard InChI is InChI=1S/C18H25N7O2/c1-3-19-16(26)13-23-9-11-24(12-10-23)18(27)17(15-7-5-4-6-8-15)25-14(2)20-21-22-25/h4-8,17H,3,9-13H2,1-2H3,(H,19,26)/t17-/m1/s1. The molecule has 9 heteroatoms. The number of carbonyl (C=O) groups is 2. The third kappa shape index (κ3) is 4.48. The number of likely N-dealkylation sites (N-methyl/N-ethyl adjacent to an activating group) is 1. The minimum absolute atomic E-state index is 0.0174. The highest BCUT2D eigenvalue weighted by Crippen LogP contribution is 2.21. The van der Waals surface area contributed by atoms with E-state index in [4.69, 9.17) is 0 Å². The van der Waals surface area contributed by atoms with Gasteiger partial charge in [0.2, 0.25) is 5.91 Å². The third-order valence-corrected chi connectivity index (χ3v) is 4.68. The second-order valence-electron chi connectivity index (χ2n) is 6.54. The summed E-state index contributed by atoms with van der Waals surface area (Å²) in [5.74, 6) is 0.574. The summed E-state index contributed by atoms with van der Waals surface area (Å²) in [6, 6.07) is 8.96. The Labute approximate surface area is 158 Å². The van der Waals surface area contributed by atoms with Crippen LogP contribution in [-0.2, 0) is 9.59 Å².